The molecule has 0 radical (unpaired) electrons. The third-order valence-electron chi connectivity index (χ3n) is 5.01. The van der Waals surface area contributed by atoms with Gasteiger partial charge in [-0.15, -0.1) is 12.4 Å². The lowest BCUT2D eigenvalue weighted by atomic mass is 9.86. The molecule has 1 heterocycles. The second kappa shape index (κ2) is 10.0. The van der Waals surface area contributed by atoms with Gasteiger partial charge in [-0.3, -0.25) is 9.59 Å². The summed E-state index contributed by atoms with van der Waals surface area (Å²) in [7, 11) is 4.51. The fourth-order valence-corrected chi connectivity index (χ4v) is 3.14. The number of hydrogen-bond donors (Lipinski definition) is 1. The van der Waals surface area contributed by atoms with E-state index in [4.69, 9.17) is 19.9 Å². The number of amides is 2. The van der Waals surface area contributed by atoms with E-state index >= 15 is 0 Å². The molecule has 1 fully saturated rings. The Hall–Kier alpha value is -2.19. The van der Waals surface area contributed by atoms with Crippen molar-refractivity contribution < 1.29 is 23.8 Å². The molecular formula is C20H32ClN3O5. The van der Waals surface area contributed by atoms with Crippen LogP contribution < -0.4 is 19.9 Å². The monoisotopic (exact) mass is 429 g/mol. The molecule has 1 atom stereocenters. The van der Waals surface area contributed by atoms with Crippen LogP contribution in [0.15, 0.2) is 12.1 Å². The minimum atomic E-state index is -0.569. The molecule has 0 bridgehead atoms. The molecule has 0 spiro atoms. The maximum atomic E-state index is 13.0. The predicted octanol–water partition coefficient (Wildman–Crippen LogP) is 1.79. The van der Waals surface area contributed by atoms with Gasteiger partial charge >= 0.3 is 0 Å². The SMILES string of the molecule is COc1ccc(C(=O)N2CCN(C(=O)[C@@H](N)C(C)(C)C)CC2)c(OC)c1OC.Cl. The summed E-state index contributed by atoms with van der Waals surface area (Å²) in [4.78, 5) is 29.1. The highest BCUT2D eigenvalue weighted by Crippen LogP contribution is 2.40. The summed E-state index contributed by atoms with van der Waals surface area (Å²) in [5.41, 5.74) is 6.18. The van der Waals surface area contributed by atoms with Crippen molar-refractivity contribution in [1.82, 2.24) is 9.80 Å². The Bertz CT molecular complexity index is 728. The summed E-state index contributed by atoms with van der Waals surface area (Å²) in [6.45, 7) is 7.59. The number of rotatable bonds is 5. The van der Waals surface area contributed by atoms with E-state index in [0.717, 1.165) is 0 Å². The number of ether oxygens (including phenoxy) is 3. The Labute approximate surface area is 178 Å². The highest BCUT2D eigenvalue weighted by molar-refractivity contribution is 5.98. The molecule has 1 aliphatic rings. The zero-order valence-corrected chi connectivity index (χ0v) is 18.8. The third-order valence-corrected chi connectivity index (χ3v) is 5.01. The topological polar surface area (TPSA) is 94.3 Å². The molecule has 0 aliphatic carbocycles. The van der Waals surface area contributed by atoms with Crippen molar-refractivity contribution in [2.24, 2.45) is 11.1 Å². The molecule has 1 aromatic rings. The molecule has 2 N–H and O–H groups in total. The lowest BCUT2D eigenvalue weighted by Crippen LogP contribution is -2.57. The summed E-state index contributed by atoms with van der Waals surface area (Å²) in [6, 6.07) is 2.77. The molecule has 1 aromatic carbocycles. The summed E-state index contributed by atoms with van der Waals surface area (Å²) >= 11 is 0. The number of nitrogens with zero attached hydrogens (tertiary/aromatic N) is 2. The average Bonchev–Trinajstić information content (AvgIpc) is 2.70. The van der Waals surface area contributed by atoms with Gasteiger partial charge in [-0.2, -0.15) is 0 Å². The first-order chi connectivity index (χ1) is 13.1. The maximum absolute atomic E-state index is 13.0. The maximum Gasteiger partial charge on any atom is 0.257 e. The molecule has 9 heteroatoms. The van der Waals surface area contributed by atoms with Gasteiger partial charge < -0.3 is 29.7 Å². The quantitative estimate of drug-likeness (QED) is 0.766. The normalized spacial score (nSPS) is 15.3. The first-order valence-electron chi connectivity index (χ1n) is 9.28. The molecular weight excluding hydrogens is 398 g/mol. The van der Waals surface area contributed by atoms with E-state index in [0.29, 0.717) is 49.0 Å². The second-order valence-corrected chi connectivity index (χ2v) is 7.84. The molecule has 0 unspecified atom stereocenters. The first kappa shape index (κ1) is 24.8. The Kier molecular flexibility index (Phi) is 8.59. The van der Waals surface area contributed by atoms with Crippen LogP contribution in [0.25, 0.3) is 0 Å². The lowest BCUT2D eigenvalue weighted by Gasteiger charge is -2.38. The van der Waals surface area contributed by atoms with Crippen molar-refractivity contribution in [2.45, 2.75) is 26.8 Å². The minimum Gasteiger partial charge on any atom is -0.493 e. The number of hydrogen-bond acceptors (Lipinski definition) is 6. The first-order valence-corrected chi connectivity index (χ1v) is 9.28. The highest BCUT2D eigenvalue weighted by Gasteiger charge is 2.34. The largest absolute Gasteiger partial charge is 0.493 e. The molecule has 2 amide bonds. The second-order valence-electron chi connectivity index (χ2n) is 7.84. The van der Waals surface area contributed by atoms with Gasteiger partial charge in [0, 0.05) is 26.2 Å². The van der Waals surface area contributed by atoms with Crippen molar-refractivity contribution in [3.63, 3.8) is 0 Å². The van der Waals surface area contributed by atoms with Crippen molar-refractivity contribution in [3.8, 4) is 17.2 Å². The van der Waals surface area contributed by atoms with Gasteiger partial charge in [0.1, 0.15) is 0 Å². The van der Waals surface area contributed by atoms with E-state index < -0.39 is 6.04 Å². The summed E-state index contributed by atoms with van der Waals surface area (Å²) in [6.07, 6.45) is 0. The van der Waals surface area contributed by atoms with E-state index in [1.807, 2.05) is 20.8 Å². The molecule has 29 heavy (non-hydrogen) atoms. The molecule has 1 saturated heterocycles. The predicted molar refractivity (Wildman–Crippen MR) is 113 cm³/mol. The molecule has 1 aliphatic heterocycles. The fraction of sp³-hybridized carbons (Fsp3) is 0.600. The molecule has 8 nitrogen and oxygen atoms in total. The molecule has 164 valence electrons. The Morgan fingerprint density at radius 2 is 1.45 bits per heavy atom. The standard InChI is InChI=1S/C20H31N3O5.ClH/c1-20(2,3)17(21)19(25)23-11-9-22(10-12-23)18(24)13-7-8-14(26-4)16(28-6)15(13)27-5;/h7-8,17H,9-12,21H2,1-6H3;1H/t17-;/m1./s1. The van der Waals surface area contributed by atoms with Crippen LogP contribution in [-0.4, -0.2) is 75.2 Å². The summed E-state index contributed by atoms with van der Waals surface area (Å²) in [5, 5.41) is 0. The Morgan fingerprint density at radius 1 is 0.931 bits per heavy atom. The van der Waals surface area contributed by atoms with Crippen molar-refractivity contribution in [3.05, 3.63) is 17.7 Å². The van der Waals surface area contributed by atoms with Gasteiger partial charge in [0.15, 0.2) is 11.5 Å². The van der Waals surface area contributed by atoms with Crippen LogP contribution >= 0.6 is 12.4 Å². The van der Waals surface area contributed by atoms with Gasteiger partial charge in [-0.25, -0.2) is 0 Å². The van der Waals surface area contributed by atoms with Crippen LogP contribution in [0.5, 0.6) is 17.2 Å². The van der Waals surface area contributed by atoms with E-state index in [1.165, 1.54) is 21.3 Å². The van der Waals surface area contributed by atoms with Gasteiger partial charge in [0.05, 0.1) is 32.9 Å². The van der Waals surface area contributed by atoms with E-state index in [9.17, 15) is 9.59 Å². The zero-order valence-electron chi connectivity index (χ0n) is 18.0. The molecule has 2 rings (SSSR count). The minimum absolute atomic E-state index is 0. The number of benzene rings is 1. The van der Waals surface area contributed by atoms with Crippen LogP contribution in [0.2, 0.25) is 0 Å². The average molecular weight is 430 g/mol. The number of carbonyl (C=O) groups is 2. The van der Waals surface area contributed by atoms with Crippen LogP contribution in [0.1, 0.15) is 31.1 Å². The fourth-order valence-electron chi connectivity index (χ4n) is 3.14. The van der Waals surface area contributed by atoms with Gasteiger partial charge in [0.25, 0.3) is 5.91 Å². The van der Waals surface area contributed by atoms with Gasteiger partial charge in [-0.1, -0.05) is 20.8 Å². The number of nitrogens with two attached hydrogens (primary N) is 1. The highest BCUT2D eigenvalue weighted by atomic mass is 35.5. The smallest absolute Gasteiger partial charge is 0.257 e. The van der Waals surface area contributed by atoms with E-state index in [1.54, 1.807) is 21.9 Å². The van der Waals surface area contributed by atoms with Gasteiger partial charge in [0.2, 0.25) is 11.7 Å². The third kappa shape index (κ3) is 5.25. The lowest BCUT2D eigenvalue weighted by molar-refractivity contribution is -0.136. The number of piperazine rings is 1. The molecule has 0 aromatic heterocycles. The summed E-state index contributed by atoms with van der Waals surface area (Å²) in [5.74, 6) is 0.941. The Balaban J connectivity index is 0.00000420. The van der Waals surface area contributed by atoms with Crippen molar-refractivity contribution >= 4 is 24.2 Å². The van der Waals surface area contributed by atoms with Crippen LogP contribution in [-0.2, 0) is 4.79 Å². The van der Waals surface area contributed by atoms with Crippen LogP contribution in [0, 0.1) is 5.41 Å². The van der Waals surface area contributed by atoms with Crippen molar-refractivity contribution in [1.29, 1.82) is 0 Å². The van der Waals surface area contributed by atoms with E-state index in [-0.39, 0.29) is 29.6 Å². The van der Waals surface area contributed by atoms with Crippen molar-refractivity contribution in [2.75, 3.05) is 47.5 Å². The molecule has 0 saturated carbocycles. The number of halogens is 1. The van der Waals surface area contributed by atoms with Crippen LogP contribution in [0.3, 0.4) is 0 Å². The number of carbonyl (C=O) groups excluding carboxylic acids is 2. The van der Waals surface area contributed by atoms with E-state index in [2.05, 4.69) is 0 Å². The summed E-state index contributed by atoms with van der Waals surface area (Å²) < 4.78 is 16.0. The Morgan fingerprint density at radius 3 is 1.90 bits per heavy atom. The number of methoxy groups -OCH3 is 3. The van der Waals surface area contributed by atoms with Crippen LogP contribution in [0.4, 0.5) is 0 Å². The van der Waals surface area contributed by atoms with Gasteiger partial charge in [-0.05, 0) is 17.5 Å². The zero-order chi connectivity index (χ0) is 21.1.